The summed E-state index contributed by atoms with van der Waals surface area (Å²) in [6.45, 7) is 0. The average Bonchev–Trinajstić information content (AvgIpc) is 3.29. The number of rotatable bonds is 3. The minimum atomic E-state index is -0.435. The molecule has 2 heterocycles. The maximum absolute atomic E-state index is 13.5. The molecule has 0 radical (unpaired) electrons. The Morgan fingerprint density at radius 3 is 1.69 bits per heavy atom. The molecule has 0 aliphatic rings. The Bertz CT molecular complexity index is 1130. The fourth-order valence-corrected chi connectivity index (χ4v) is 3.16. The summed E-state index contributed by atoms with van der Waals surface area (Å²) in [5.74, 6) is -0.292. The van der Waals surface area contributed by atoms with Crippen LogP contribution >= 0.6 is 0 Å². The molecule has 0 saturated heterocycles. The van der Waals surface area contributed by atoms with E-state index in [9.17, 15) is 4.39 Å². The standard InChI is InChI=1S/C19H13FN6/c20-14-11-9-13(10-12-14)19(25-17-7-3-1-5-15(17)21-23-25)26-18-8-4-2-6-16(18)22-24-26/h1-12,19H. The molecule has 0 unspecified atom stereocenters. The molecule has 0 saturated carbocycles. The first kappa shape index (κ1) is 14.7. The third kappa shape index (κ3) is 2.25. The van der Waals surface area contributed by atoms with E-state index < -0.39 is 6.17 Å². The molecule has 0 spiro atoms. The van der Waals surface area contributed by atoms with Gasteiger partial charge < -0.3 is 0 Å². The van der Waals surface area contributed by atoms with Crippen molar-refractivity contribution in [3.05, 3.63) is 84.2 Å². The smallest absolute Gasteiger partial charge is 0.173 e. The molecule has 0 aliphatic heterocycles. The fraction of sp³-hybridized carbons (Fsp3) is 0.0526. The molecule has 0 atom stereocenters. The minimum absolute atomic E-state index is 0.292. The number of para-hydroxylation sites is 2. The predicted molar refractivity (Wildman–Crippen MR) is 95.0 cm³/mol. The van der Waals surface area contributed by atoms with Crippen molar-refractivity contribution in [1.29, 1.82) is 0 Å². The second-order valence-electron chi connectivity index (χ2n) is 5.97. The summed E-state index contributed by atoms with van der Waals surface area (Å²) >= 11 is 0. The van der Waals surface area contributed by atoms with Crippen molar-refractivity contribution in [2.45, 2.75) is 6.17 Å². The monoisotopic (exact) mass is 344 g/mol. The number of aromatic nitrogens is 6. The lowest BCUT2D eigenvalue weighted by Crippen LogP contribution is -2.22. The quantitative estimate of drug-likeness (QED) is 0.503. The zero-order valence-electron chi connectivity index (χ0n) is 13.6. The van der Waals surface area contributed by atoms with Gasteiger partial charge >= 0.3 is 0 Å². The van der Waals surface area contributed by atoms with Gasteiger partial charge in [0, 0.05) is 0 Å². The normalized spacial score (nSPS) is 11.6. The van der Waals surface area contributed by atoms with Crippen molar-refractivity contribution in [1.82, 2.24) is 30.0 Å². The van der Waals surface area contributed by atoms with E-state index in [1.807, 2.05) is 48.5 Å². The van der Waals surface area contributed by atoms with Crippen LogP contribution < -0.4 is 0 Å². The lowest BCUT2D eigenvalue weighted by Gasteiger charge is -2.19. The summed E-state index contributed by atoms with van der Waals surface area (Å²) in [5, 5.41) is 17.2. The first-order valence-electron chi connectivity index (χ1n) is 8.16. The summed E-state index contributed by atoms with van der Waals surface area (Å²) in [7, 11) is 0. The molecular weight excluding hydrogens is 331 g/mol. The highest BCUT2D eigenvalue weighted by Gasteiger charge is 2.23. The molecule has 2 aromatic heterocycles. The topological polar surface area (TPSA) is 61.4 Å². The Balaban J connectivity index is 1.79. The zero-order chi connectivity index (χ0) is 17.5. The van der Waals surface area contributed by atoms with Crippen molar-refractivity contribution in [2.75, 3.05) is 0 Å². The lowest BCUT2D eigenvalue weighted by molar-refractivity contribution is 0.421. The van der Waals surface area contributed by atoms with Crippen LogP contribution in [-0.2, 0) is 0 Å². The predicted octanol–water partition coefficient (Wildman–Crippen LogP) is 3.41. The third-order valence-corrected chi connectivity index (χ3v) is 4.39. The van der Waals surface area contributed by atoms with Gasteiger partial charge in [0.15, 0.2) is 6.17 Å². The second-order valence-corrected chi connectivity index (χ2v) is 5.97. The van der Waals surface area contributed by atoms with Gasteiger partial charge in [0.1, 0.15) is 16.9 Å². The minimum Gasteiger partial charge on any atom is -0.215 e. The van der Waals surface area contributed by atoms with Gasteiger partial charge in [-0.05, 0) is 42.0 Å². The van der Waals surface area contributed by atoms with E-state index in [0.717, 1.165) is 27.6 Å². The van der Waals surface area contributed by atoms with E-state index >= 15 is 0 Å². The van der Waals surface area contributed by atoms with E-state index in [1.54, 1.807) is 21.5 Å². The maximum Gasteiger partial charge on any atom is 0.173 e. The molecule has 0 bridgehead atoms. The summed E-state index contributed by atoms with van der Waals surface area (Å²) in [6, 6.07) is 21.7. The average molecular weight is 344 g/mol. The maximum atomic E-state index is 13.5. The van der Waals surface area contributed by atoms with Crippen LogP contribution in [0.25, 0.3) is 22.1 Å². The molecule has 6 nitrogen and oxygen atoms in total. The molecule has 5 rings (SSSR count). The van der Waals surface area contributed by atoms with Crippen LogP contribution in [0.1, 0.15) is 11.7 Å². The number of benzene rings is 3. The van der Waals surface area contributed by atoms with Gasteiger partial charge in [0.25, 0.3) is 0 Å². The van der Waals surface area contributed by atoms with Gasteiger partial charge in [-0.2, -0.15) is 0 Å². The lowest BCUT2D eigenvalue weighted by atomic mass is 10.1. The van der Waals surface area contributed by atoms with Crippen molar-refractivity contribution < 1.29 is 4.39 Å². The van der Waals surface area contributed by atoms with Crippen LogP contribution in [-0.4, -0.2) is 30.0 Å². The number of fused-ring (bicyclic) bond motifs is 2. The number of hydrogen-bond donors (Lipinski definition) is 0. The van der Waals surface area contributed by atoms with Gasteiger partial charge in [0.2, 0.25) is 0 Å². The number of halogens is 1. The SMILES string of the molecule is Fc1ccc(C(n2nnc3ccccc32)n2nnc3ccccc32)cc1. The van der Waals surface area contributed by atoms with E-state index in [2.05, 4.69) is 20.6 Å². The Morgan fingerprint density at radius 2 is 1.15 bits per heavy atom. The molecule has 126 valence electrons. The Morgan fingerprint density at radius 1 is 0.654 bits per heavy atom. The summed E-state index contributed by atoms with van der Waals surface area (Å²) in [6.07, 6.45) is -0.435. The van der Waals surface area contributed by atoms with Gasteiger partial charge in [-0.25, -0.2) is 13.8 Å². The van der Waals surface area contributed by atoms with Gasteiger partial charge in [-0.15, -0.1) is 10.2 Å². The molecule has 0 aliphatic carbocycles. The van der Waals surface area contributed by atoms with Crippen LogP contribution in [0.3, 0.4) is 0 Å². The number of hydrogen-bond acceptors (Lipinski definition) is 4. The van der Waals surface area contributed by atoms with Crippen LogP contribution in [0, 0.1) is 5.82 Å². The first-order chi connectivity index (χ1) is 12.8. The van der Waals surface area contributed by atoms with Crippen molar-refractivity contribution in [2.24, 2.45) is 0 Å². The van der Waals surface area contributed by atoms with Crippen LogP contribution in [0.2, 0.25) is 0 Å². The van der Waals surface area contributed by atoms with Crippen molar-refractivity contribution in [3.63, 3.8) is 0 Å². The van der Waals surface area contributed by atoms with Crippen molar-refractivity contribution >= 4 is 22.1 Å². The first-order valence-corrected chi connectivity index (χ1v) is 8.16. The van der Waals surface area contributed by atoms with Crippen molar-refractivity contribution in [3.8, 4) is 0 Å². The van der Waals surface area contributed by atoms with Crippen LogP contribution in [0.4, 0.5) is 4.39 Å². The Labute approximate surface area is 147 Å². The Hall–Kier alpha value is -3.61. The highest BCUT2D eigenvalue weighted by atomic mass is 19.1. The summed E-state index contributed by atoms with van der Waals surface area (Å²) in [4.78, 5) is 0. The van der Waals surface area contributed by atoms with E-state index in [1.165, 1.54) is 12.1 Å². The fourth-order valence-electron chi connectivity index (χ4n) is 3.16. The number of nitrogens with zero attached hydrogens (tertiary/aromatic N) is 6. The highest BCUT2D eigenvalue weighted by molar-refractivity contribution is 5.76. The summed E-state index contributed by atoms with van der Waals surface area (Å²) < 4.78 is 17.0. The molecule has 26 heavy (non-hydrogen) atoms. The van der Waals surface area contributed by atoms with Crippen LogP contribution in [0.5, 0.6) is 0 Å². The zero-order valence-corrected chi connectivity index (χ0v) is 13.6. The second kappa shape index (κ2) is 5.73. The van der Waals surface area contributed by atoms with E-state index in [-0.39, 0.29) is 5.82 Å². The van der Waals surface area contributed by atoms with E-state index in [0.29, 0.717) is 0 Å². The molecule has 0 amide bonds. The molecule has 5 aromatic rings. The Kier molecular flexibility index (Phi) is 3.24. The largest absolute Gasteiger partial charge is 0.215 e. The molecule has 3 aromatic carbocycles. The van der Waals surface area contributed by atoms with E-state index in [4.69, 9.17) is 0 Å². The molecule has 0 fully saturated rings. The van der Waals surface area contributed by atoms with Gasteiger partial charge in [-0.1, -0.05) is 46.8 Å². The molecule has 0 N–H and O–H groups in total. The third-order valence-electron chi connectivity index (χ3n) is 4.39. The molecular formula is C19H13FN6. The highest BCUT2D eigenvalue weighted by Crippen LogP contribution is 2.26. The van der Waals surface area contributed by atoms with Crippen LogP contribution in [0.15, 0.2) is 72.8 Å². The van der Waals surface area contributed by atoms with Gasteiger partial charge in [-0.3, -0.25) is 0 Å². The van der Waals surface area contributed by atoms with Gasteiger partial charge in [0.05, 0.1) is 11.0 Å². The summed E-state index contributed by atoms with van der Waals surface area (Å²) in [5.41, 5.74) is 4.12. The molecule has 7 heteroatoms.